The topological polar surface area (TPSA) is 49.4 Å². The molecule has 2 unspecified atom stereocenters. The van der Waals surface area contributed by atoms with Crippen LogP contribution in [-0.2, 0) is 10.0 Å². The van der Waals surface area contributed by atoms with E-state index in [1.807, 2.05) is 6.92 Å². The Balaban J connectivity index is 2.57. The molecule has 4 nitrogen and oxygen atoms in total. The fourth-order valence-corrected chi connectivity index (χ4v) is 3.93. The van der Waals surface area contributed by atoms with Crippen LogP contribution in [-0.4, -0.2) is 44.2 Å². The molecule has 0 saturated carbocycles. The summed E-state index contributed by atoms with van der Waals surface area (Å²) < 4.78 is 25.5. The van der Waals surface area contributed by atoms with E-state index in [2.05, 4.69) is 19.2 Å². The zero-order valence-electron chi connectivity index (χ0n) is 10.6. The molecule has 0 amide bonds. The molecule has 5 heteroatoms. The highest BCUT2D eigenvalue weighted by molar-refractivity contribution is 7.89. The molecule has 0 spiro atoms. The predicted molar refractivity (Wildman–Crippen MR) is 66.9 cm³/mol. The quantitative estimate of drug-likeness (QED) is 0.791. The first-order chi connectivity index (χ1) is 7.51. The maximum absolute atomic E-state index is 11.9. The summed E-state index contributed by atoms with van der Waals surface area (Å²) in [6, 6.07) is 0.470. The van der Waals surface area contributed by atoms with Crippen molar-refractivity contribution in [2.24, 2.45) is 5.92 Å². The Kier molecular flexibility index (Phi) is 5.21. The minimum absolute atomic E-state index is 0.283. The molecular formula is C11H24N2O2S. The van der Waals surface area contributed by atoms with Gasteiger partial charge in [0.15, 0.2) is 0 Å². The van der Waals surface area contributed by atoms with Crippen molar-refractivity contribution >= 4 is 10.0 Å². The number of nitrogens with zero attached hydrogens (tertiary/aromatic N) is 1. The lowest BCUT2D eigenvalue weighted by atomic mass is 9.95. The van der Waals surface area contributed by atoms with Crippen LogP contribution in [0, 0.1) is 5.92 Å². The van der Waals surface area contributed by atoms with Gasteiger partial charge in [-0.25, -0.2) is 12.7 Å². The lowest BCUT2D eigenvalue weighted by Gasteiger charge is -2.36. The lowest BCUT2D eigenvalue weighted by molar-refractivity contribution is 0.222. The van der Waals surface area contributed by atoms with Crippen LogP contribution >= 0.6 is 0 Å². The summed E-state index contributed by atoms with van der Waals surface area (Å²) in [5, 5.41) is 3.42. The molecule has 16 heavy (non-hydrogen) atoms. The van der Waals surface area contributed by atoms with Gasteiger partial charge in [0.05, 0.1) is 5.75 Å². The monoisotopic (exact) mass is 248 g/mol. The van der Waals surface area contributed by atoms with Crippen molar-refractivity contribution in [1.82, 2.24) is 9.62 Å². The van der Waals surface area contributed by atoms with Gasteiger partial charge >= 0.3 is 0 Å². The second kappa shape index (κ2) is 5.98. The summed E-state index contributed by atoms with van der Waals surface area (Å²) >= 11 is 0. The van der Waals surface area contributed by atoms with Gasteiger partial charge in [0.1, 0.15) is 0 Å². The zero-order chi connectivity index (χ0) is 12.2. The van der Waals surface area contributed by atoms with Gasteiger partial charge in [-0.2, -0.15) is 0 Å². The van der Waals surface area contributed by atoms with Crippen LogP contribution in [0.2, 0.25) is 0 Å². The molecule has 0 aromatic heterocycles. The average Bonchev–Trinajstić information content (AvgIpc) is 2.21. The van der Waals surface area contributed by atoms with Gasteiger partial charge in [-0.15, -0.1) is 0 Å². The molecule has 1 fully saturated rings. The molecule has 1 heterocycles. The second-order valence-electron chi connectivity index (χ2n) is 4.60. The van der Waals surface area contributed by atoms with Gasteiger partial charge in [0.2, 0.25) is 10.0 Å². The fraction of sp³-hybridized carbons (Fsp3) is 1.00. The van der Waals surface area contributed by atoms with Gasteiger partial charge in [-0.1, -0.05) is 20.8 Å². The van der Waals surface area contributed by atoms with Crippen molar-refractivity contribution < 1.29 is 8.42 Å². The molecule has 0 radical (unpaired) electrons. The van der Waals surface area contributed by atoms with Gasteiger partial charge in [-0.3, -0.25) is 0 Å². The minimum Gasteiger partial charge on any atom is -0.314 e. The number of sulfonamides is 1. The first-order valence-corrected chi connectivity index (χ1v) is 7.83. The van der Waals surface area contributed by atoms with Gasteiger partial charge in [-0.05, 0) is 25.3 Å². The van der Waals surface area contributed by atoms with Gasteiger partial charge in [0, 0.05) is 19.1 Å². The highest BCUT2D eigenvalue weighted by Crippen LogP contribution is 2.19. The average molecular weight is 248 g/mol. The molecule has 1 saturated heterocycles. The maximum atomic E-state index is 11.9. The molecule has 0 aliphatic carbocycles. The fourth-order valence-electron chi connectivity index (χ4n) is 2.31. The van der Waals surface area contributed by atoms with Crippen molar-refractivity contribution in [3.8, 4) is 0 Å². The van der Waals surface area contributed by atoms with E-state index in [1.54, 1.807) is 4.31 Å². The van der Waals surface area contributed by atoms with Crippen LogP contribution < -0.4 is 5.32 Å². The smallest absolute Gasteiger partial charge is 0.214 e. The summed E-state index contributed by atoms with van der Waals surface area (Å²) in [6.45, 7) is 8.42. The molecule has 2 atom stereocenters. The van der Waals surface area contributed by atoms with E-state index in [4.69, 9.17) is 0 Å². The Bertz CT molecular complexity index is 303. The molecule has 0 aromatic rings. The molecule has 0 aromatic carbocycles. The van der Waals surface area contributed by atoms with Crippen molar-refractivity contribution in [2.75, 3.05) is 25.4 Å². The molecule has 1 N–H and O–H groups in total. The van der Waals surface area contributed by atoms with Crippen LogP contribution in [0.4, 0.5) is 0 Å². The summed E-state index contributed by atoms with van der Waals surface area (Å²) in [5.41, 5.74) is 0. The van der Waals surface area contributed by atoms with Gasteiger partial charge in [0.25, 0.3) is 0 Å². The Morgan fingerprint density at radius 1 is 1.38 bits per heavy atom. The van der Waals surface area contributed by atoms with Crippen molar-refractivity contribution in [1.29, 1.82) is 0 Å². The highest BCUT2D eigenvalue weighted by Gasteiger charge is 2.31. The van der Waals surface area contributed by atoms with Crippen LogP contribution in [0.3, 0.4) is 0 Å². The van der Waals surface area contributed by atoms with E-state index in [0.29, 0.717) is 31.5 Å². The SMILES string of the molecule is CCCS(=O)(=O)N1CCC(NCC)C(C)C1. The maximum Gasteiger partial charge on any atom is 0.214 e. The number of rotatable bonds is 5. The minimum atomic E-state index is -3.00. The molecule has 1 rings (SSSR count). The Labute approximate surface area is 99.5 Å². The van der Waals surface area contributed by atoms with Crippen molar-refractivity contribution in [3.05, 3.63) is 0 Å². The van der Waals surface area contributed by atoms with E-state index in [9.17, 15) is 8.42 Å². The third-order valence-electron chi connectivity index (χ3n) is 3.19. The largest absolute Gasteiger partial charge is 0.314 e. The van der Waals surface area contributed by atoms with E-state index in [0.717, 1.165) is 13.0 Å². The molecule has 1 aliphatic heterocycles. The van der Waals surface area contributed by atoms with Crippen molar-refractivity contribution in [3.63, 3.8) is 0 Å². The summed E-state index contributed by atoms with van der Waals surface area (Å²) in [4.78, 5) is 0. The standard InChI is InChI=1S/C11H24N2O2S/c1-4-8-16(14,15)13-7-6-11(12-5-2)10(3)9-13/h10-12H,4-9H2,1-3H3. The third-order valence-corrected chi connectivity index (χ3v) is 5.23. The molecule has 1 aliphatic rings. The number of hydrogen-bond acceptors (Lipinski definition) is 3. The first-order valence-electron chi connectivity index (χ1n) is 6.22. The van der Waals surface area contributed by atoms with E-state index < -0.39 is 10.0 Å². The number of piperidine rings is 1. The Morgan fingerprint density at radius 3 is 2.56 bits per heavy atom. The summed E-state index contributed by atoms with van der Waals surface area (Å²) in [7, 11) is -3.00. The Hall–Kier alpha value is -0.130. The second-order valence-corrected chi connectivity index (χ2v) is 6.69. The zero-order valence-corrected chi connectivity index (χ0v) is 11.4. The number of nitrogens with one attached hydrogen (secondary N) is 1. The van der Waals surface area contributed by atoms with Crippen LogP contribution in [0.15, 0.2) is 0 Å². The van der Waals surface area contributed by atoms with Crippen molar-refractivity contribution in [2.45, 2.75) is 39.7 Å². The normalized spacial score (nSPS) is 28.2. The van der Waals surface area contributed by atoms with E-state index >= 15 is 0 Å². The van der Waals surface area contributed by atoms with Gasteiger partial charge < -0.3 is 5.32 Å². The molecular weight excluding hydrogens is 224 g/mol. The third kappa shape index (κ3) is 3.43. The first kappa shape index (κ1) is 13.9. The van der Waals surface area contributed by atoms with E-state index in [1.165, 1.54) is 0 Å². The van der Waals surface area contributed by atoms with Crippen LogP contribution in [0.25, 0.3) is 0 Å². The highest BCUT2D eigenvalue weighted by atomic mass is 32.2. The summed E-state index contributed by atoms with van der Waals surface area (Å²) in [5.74, 6) is 0.686. The predicted octanol–water partition coefficient (Wildman–Crippen LogP) is 1.05. The molecule has 0 bridgehead atoms. The lowest BCUT2D eigenvalue weighted by Crippen LogP contribution is -2.50. The summed E-state index contributed by atoms with van der Waals surface area (Å²) in [6.07, 6.45) is 1.63. The molecule has 96 valence electrons. The Morgan fingerprint density at radius 2 is 2.06 bits per heavy atom. The van der Waals surface area contributed by atoms with Crippen LogP contribution in [0.5, 0.6) is 0 Å². The number of hydrogen-bond donors (Lipinski definition) is 1. The van der Waals surface area contributed by atoms with Crippen LogP contribution in [0.1, 0.15) is 33.6 Å². The van der Waals surface area contributed by atoms with E-state index in [-0.39, 0.29) is 5.75 Å².